The van der Waals surface area contributed by atoms with Crippen LogP contribution in [-0.4, -0.2) is 33.0 Å². The number of nitrogens with one attached hydrogen (secondary N) is 2. The van der Waals surface area contributed by atoms with Crippen molar-refractivity contribution in [2.45, 2.75) is 50.8 Å². The van der Waals surface area contributed by atoms with Gasteiger partial charge >= 0.3 is 0 Å². The molecule has 3 unspecified atom stereocenters. The third-order valence-corrected chi connectivity index (χ3v) is 6.92. The lowest BCUT2D eigenvalue weighted by atomic mass is 9.93. The Balaban J connectivity index is 1.51. The van der Waals surface area contributed by atoms with Gasteiger partial charge in [-0.05, 0) is 49.5 Å². The molecule has 2 aromatic rings. The van der Waals surface area contributed by atoms with Crippen molar-refractivity contribution in [3.63, 3.8) is 0 Å². The van der Waals surface area contributed by atoms with Crippen LogP contribution in [0, 0.1) is 17.8 Å². The van der Waals surface area contributed by atoms with E-state index in [4.69, 9.17) is 0 Å². The van der Waals surface area contributed by atoms with Crippen molar-refractivity contribution < 1.29 is 0 Å². The van der Waals surface area contributed by atoms with E-state index in [2.05, 4.69) is 49.2 Å². The minimum absolute atomic E-state index is 0.669. The van der Waals surface area contributed by atoms with Crippen LogP contribution in [0.2, 0.25) is 0 Å². The predicted octanol–water partition coefficient (Wildman–Crippen LogP) is 3.33. The van der Waals surface area contributed by atoms with Crippen LogP contribution >= 0.6 is 11.9 Å². The monoisotopic (exact) mass is 372 g/mol. The van der Waals surface area contributed by atoms with Gasteiger partial charge in [-0.3, -0.25) is 4.72 Å². The number of fused-ring (bicyclic) bond motifs is 1. The van der Waals surface area contributed by atoms with E-state index in [1.807, 2.05) is 18.1 Å². The summed E-state index contributed by atoms with van der Waals surface area (Å²) in [6.07, 6.45) is 10.3. The molecule has 0 saturated heterocycles. The lowest BCUT2D eigenvalue weighted by Crippen LogP contribution is -2.26. The number of rotatable bonds is 8. The SMILES string of the molecule is C=N/N=c1/cnc2[nH]ccc2n1CC1CC(CNSC2CC2)CC1CC. The Morgan fingerprint density at radius 3 is 3.00 bits per heavy atom. The first-order chi connectivity index (χ1) is 12.8. The Kier molecular flexibility index (Phi) is 5.45. The third-order valence-electron chi connectivity index (χ3n) is 5.78. The Morgan fingerprint density at radius 2 is 2.23 bits per heavy atom. The summed E-state index contributed by atoms with van der Waals surface area (Å²) < 4.78 is 5.89. The van der Waals surface area contributed by atoms with Gasteiger partial charge in [-0.25, -0.2) is 4.98 Å². The van der Waals surface area contributed by atoms with Gasteiger partial charge in [0.15, 0.2) is 11.1 Å². The average molecular weight is 373 g/mol. The molecule has 0 amide bonds. The van der Waals surface area contributed by atoms with Crippen LogP contribution in [0.3, 0.4) is 0 Å². The molecule has 2 fully saturated rings. The quantitative estimate of drug-likeness (QED) is 0.424. The van der Waals surface area contributed by atoms with Crippen LogP contribution in [0.1, 0.15) is 39.0 Å². The molecule has 4 rings (SSSR count). The van der Waals surface area contributed by atoms with E-state index >= 15 is 0 Å². The number of aromatic amines is 1. The van der Waals surface area contributed by atoms with Gasteiger partial charge in [-0.2, -0.15) is 5.10 Å². The smallest absolute Gasteiger partial charge is 0.174 e. The molecule has 26 heavy (non-hydrogen) atoms. The molecule has 2 aliphatic rings. The fraction of sp³-hybridized carbons (Fsp3) is 0.632. The minimum Gasteiger partial charge on any atom is -0.345 e. The van der Waals surface area contributed by atoms with Gasteiger partial charge < -0.3 is 9.55 Å². The van der Waals surface area contributed by atoms with Crippen LogP contribution in [0.15, 0.2) is 28.7 Å². The maximum atomic E-state index is 4.44. The molecule has 0 bridgehead atoms. The average Bonchev–Trinajstić information content (AvgIpc) is 3.19. The van der Waals surface area contributed by atoms with E-state index in [1.54, 1.807) is 6.20 Å². The molecule has 0 spiro atoms. The molecule has 2 saturated carbocycles. The molecule has 0 aliphatic heterocycles. The summed E-state index contributed by atoms with van der Waals surface area (Å²) >= 11 is 1.95. The zero-order valence-corrected chi connectivity index (χ0v) is 16.2. The molecule has 2 heterocycles. The van der Waals surface area contributed by atoms with Gasteiger partial charge in [0.25, 0.3) is 0 Å². The Labute approximate surface area is 158 Å². The van der Waals surface area contributed by atoms with Gasteiger partial charge in [-0.1, -0.05) is 25.3 Å². The Bertz CT molecular complexity index is 821. The molecule has 0 radical (unpaired) electrons. The van der Waals surface area contributed by atoms with Gasteiger partial charge in [0.2, 0.25) is 0 Å². The first-order valence-corrected chi connectivity index (χ1v) is 10.6. The highest BCUT2D eigenvalue weighted by atomic mass is 32.2. The van der Waals surface area contributed by atoms with Gasteiger partial charge in [0, 0.05) is 31.3 Å². The second-order valence-corrected chi connectivity index (χ2v) is 8.80. The fourth-order valence-electron chi connectivity index (χ4n) is 4.27. The van der Waals surface area contributed by atoms with E-state index in [0.717, 1.165) is 46.8 Å². The second kappa shape index (κ2) is 7.96. The number of aromatic nitrogens is 3. The zero-order chi connectivity index (χ0) is 17.9. The summed E-state index contributed by atoms with van der Waals surface area (Å²) in [4.78, 5) is 7.64. The first kappa shape index (κ1) is 17.8. The van der Waals surface area contributed by atoms with Gasteiger partial charge in [0.05, 0.1) is 11.7 Å². The number of hydrogen-bond acceptors (Lipinski definition) is 5. The maximum absolute atomic E-state index is 4.44. The van der Waals surface area contributed by atoms with E-state index in [9.17, 15) is 0 Å². The van der Waals surface area contributed by atoms with Crippen molar-refractivity contribution in [2.75, 3.05) is 6.54 Å². The molecule has 2 N–H and O–H groups in total. The number of H-pyrrole nitrogens is 1. The van der Waals surface area contributed by atoms with Crippen molar-refractivity contribution in [1.29, 1.82) is 0 Å². The van der Waals surface area contributed by atoms with E-state index in [-0.39, 0.29) is 0 Å². The number of hydrogen-bond donors (Lipinski definition) is 2. The highest BCUT2D eigenvalue weighted by Gasteiger charge is 2.33. The van der Waals surface area contributed by atoms with Crippen LogP contribution in [0.4, 0.5) is 0 Å². The number of nitrogens with zero attached hydrogens (tertiary/aromatic N) is 4. The van der Waals surface area contributed by atoms with Crippen LogP contribution in [0.25, 0.3) is 11.2 Å². The molecule has 2 aliphatic carbocycles. The summed E-state index contributed by atoms with van der Waals surface area (Å²) in [5, 5.41) is 8.82. The summed E-state index contributed by atoms with van der Waals surface area (Å²) in [7, 11) is 0. The van der Waals surface area contributed by atoms with Crippen molar-refractivity contribution in [3.8, 4) is 0 Å². The molecule has 3 atom stereocenters. The third kappa shape index (κ3) is 3.88. The van der Waals surface area contributed by atoms with Crippen molar-refractivity contribution in [1.82, 2.24) is 19.3 Å². The Hall–Kier alpha value is -1.60. The second-order valence-electron chi connectivity index (χ2n) is 7.61. The molecule has 7 heteroatoms. The highest BCUT2D eigenvalue weighted by molar-refractivity contribution is 7.98. The molecule has 6 nitrogen and oxygen atoms in total. The van der Waals surface area contributed by atoms with E-state index in [1.165, 1.54) is 32.1 Å². The Morgan fingerprint density at radius 1 is 1.38 bits per heavy atom. The van der Waals surface area contributed by atoms with Crippen LogP contribution in [-0.2, 0) is 6.54 Å². The van der Waals surface area contributed by atoms with E-state index in [0.29, 0.717) is 5.92 Å². The van der Waals surface area contributed by atoms with Gasteiger partial charge in [0.1, 0.15) is 0 Å². The van der Waals surface area contributed by atoms with Crippen molar-refractivity contribution in [2.24, 2.45) is 28.0 Å². The normalized spacial score (nSPS) is 26.7. The summed E-state index contributed by atoms with van der Waals surface area (Å²) in [5.41, 5.74) is 2.78. The summed E-state index contributed by atoms with van der Waals surface area (Å²) in [6, 6.07) is 2.08. The molecule has 0 aromatic carbocycles. The van der Waals surface area contributed by atoms with Crippen molar-refractivity contribution >= 4 is 29.8 Å². The maximum Gasteiger partial charge on any atom is 0.174 e. The predicted molar refractivity (Wildman–Crippen MR) is 108 cm³/mol. The minimum atomic E-state index is 0.669. The molecule has 140 valence electrons. The molecular formula is C19H28N6S. The lowest BCUT2D eigenvalue weighted by molar-refractivity contribution is 0.331. The van der Waals surface area contributed by atoms with Gasteiger partial charge in [-0.15, -0.1) is 5.10 Å². The van der Waals surface area contributed by atoms with Crippen molar-refractivity contribution in [3.05, 3.63) is 23.9 Å². The molecular weight excluding hydrogens is 344 g/mol. The largest absolute Gasteiger partial charge is 0.345 e. The fourth-order valence-corrected chi connectivity index (χ4v) is 5.20. The molecule has 2 aromatic heterocycles. The topological polar surface area (TPSA) is 70.4 Å². The first-order valence-electron chi connectivity index (χ1n) is 9.69. The summed E-state index contributed by atoms with van der Waals surface area (Å²) in [6.45, 7) is 7.95. The lowest BCUT2D eigenvalue weighted by Gasteiger charge is -2.20. The van der Waals surface area contributed by atoms with E-state index < -0.39 is 0 Å². The van der Waals surface area contributed by atoms with Crippen LogP contribution < -0.4 is 10.2 Å². The zero-order valence-electron chi connectivity index (χ0n) is 15.4. The highest BCUT2D eigenvalue weighted by Crippen LogP contribution is 2.40. The standard InChI is InChI=1S/C19H28N6S/c1-3-14-8-13(10-23-26-16-4-5-16)9-15(14)12-25-17-6-7-21-19(17)22-11-18(25)24-20-2/h6-7,11,13-16,21,23H,2-5,8-10,12H2,1H3/b24-18-. The van der Waals surface area contributed by atoms with Crippen LogP contribution in [0.5, 0.6) is 0 Å². The summed E-state index contributed by atoms with van der Waals surface area (Å²) in [5.74, 6) is 2.21.